The van der Waals surface area contributed by atoms with E-state index in [9.17, 15) is 9.59 Å². The van der Waals surface area contributed by atoms with Crippen LogP contribution in [0.4, 0.5) is 5.82 Å². The summed E-state index contributed by atoms with van der Waals surface area (Å²) in [5.74, 6) is -0.523. The van der Waals surface area contributed by atoms with Gasteiger partial charge in [-0.1, -0.05) is 76.2 Å². The Bertz CT molecular complexity index is 1770. The Morgan fingerprint density at radius 3 is 2.29 bits per heavy atom. The van der Waals surface area contributed by atoms with Gasteiger partial charge in [0.1, 0.15) is 18.0 Å². The lowest BCUT2D eigenvalue weighted by atomic mass is 9.84. The van der Waals surface area contributed by atoms with Crippen LogP contribution in [0.3, 0.4) is 0 Å². The van der Waals surface area contributed by atoms with Crippen molar-refractivity contribution in [3.8, 4) is 0 Å². The zero-order valence-electron chi connectivity index (χ0n) is 28.7. The molecule has 4 atom stereocenters. The van der Waals surface area contributed by atoms with Gasteiger partial charge in [0.15, 0.2) is 37.6 Å². The zero-order valence-corrected chi connectivity index (χ0v) is 29.7. The summed E-state index contributed by atoms with van der Waals surface area (Å²) in [5, 5.41) is 2.83. The molecule has 11 nitrogen and oxygen atoms in total. The van der Waals surface area contributed by atoms with Gasteiger partial charge in [-0.3, -0.25) is 14.2 Å². The molecule has 2 aromatic carbocycles. The van der Waals surface area contributed by atoms with Crippen LogP contribution in [0.5, 0.6) is 0 Å². The summed E-state index contributed by atoms with van der Waals surface area (Å²) >= 11 is 0. The zero-order chi connectivity index (χ0) is 34.3. The molecule has 4 aromatic rings. The van der Waals surface area contributed by atoms with Gasteiger partial charge in [-0.05, 0) is 55.1 Å². The lowest BCUT2D eigenvalue weighted by Gasteiger charge is -2.47. The predicted molar refractivity (Wildman–Crippen MR) is 184 cm³/mol. The standard InChI is InChI=1S/C36H45N5O6Si/c1-8-36(35(19-20-35)47-48(6,7)34(3,4)5)29(44-21-25-15-11-9-12-16-25)28(45-24(2)42)33(46-36)41-23-39-27-30(37-22-38-31(27)41)40-32(43)26-17-13-10-14-18-26/h9-18,22-23,28-29,33H,8,19-21H2,1-7H3,(H,37,38,40,43)/t28-,29?,33+,36+/m0/s1. The molecular formula is C36H45N5O6Si. The number of hydrogen-bond acceptors (Lipinski definition) is 9. The fraction of sp³-hybridized carbons (Fsp3) is 0.472. The number of fused-ring (bicyclic) bond motifs is 1. The van der Waals surface area contributed by atoms with E-state index >= 15 is 0 Å². The Labute approximate surface area is 282 Å². The topological polar surface area (TPSA) is 127 Å². The van der Waals surface area contributed by atoms with Crippen LogP contribution in [0.2, 0.25) is 18.1 Å². The van der Waals surface area contributed by atoms with Crippen molar-refractivity contribution < 1.29 is 28.2 Å². The Morgan fingerprint density at radius 2 is 1.69 bits per heavy atom. The van der Waals surface area contributed by atoms with E-state index in [-0.39, 0.29) is 16.8 Å². The second-order valence-corrected chi connectivity index (χ2v) is 19.0. The highest BCUT2D eigenvalue weighted by Crippen LogP contribution is 2.62. The Balaban J connectivity index is 1.43. The molecule has 2 fully saturated rings. The second-order valence-electron chi connectivity index (χ2n) is 14.3. The largest absolute Gasteiger partial charge is 0.455 e. The number of amides is 1. The van der Waals surface area contributed by atoms with E-state index < -0.39 is 43.9 Å². The van der Waals surface area contributed by atoms with Crippen molar-refractivity contribution in [2.45, 2.75) is 108 Å². The van der Waals surface area contributed by atoms with Crippen LogP contribution >= 0.6 is 0 Å². The first kappa shape index (κ1) is 33.9. The number of aromatic nitrogens is 4. The molecule has 0 spiro atoms. The summed E-state index contributed by atoms with van der Waals surface area (Å²) in [5.41, 5.74) is 0.665. The quantitative estimate of drug-likeness (QED) is 0.135. The SMILES string of the molecule is CC[C@@]1(C2(O[Si](C)(C)C(C)(C)C)CC2)O[C@@H](n2cnc3c(NC(=O)c4ccccc4)ncnc32)[C@@H](OC(C)=O)C1OCc1ccccc1. The number of imidazole rings is 1. The van der Waals surface area contributed by atoms with Gasteiger partial charge in [-0.15, -0.1) is 0 Å². The normalized spacial score (nSPS) is 23.6. The van der Waals surface area contributed by atoms with Crippen molar-refractivity contribution in [1.82, 2.24) is 19.5 Å². The van der Waals surface area contributed by atoms with Crippen molar-refractivity contribution in [1.29, 1.82) is 0 Å². The van der Waals surface area contributed by atoms with Gasteiger partial charge in [-0.25, -0.2) is 15.0 Å². The highest BCUT2D eigenvalue weighted by molar-refractivity contribution is 6.74. The number of nitrogens with zero attached hydrogens (tertiary/aromatic N) is 4. The summed E-state index contributed by atoms with van der Waals surface area (Å²) in [6.45, 7) is 14.9. The number of benzene rings is 2. The van der Waals surface area contributed by atoms with Crippen LogP contribution in [-0.2, 0) is 30.0 Å². The van der Waals surface area contributed by atoms with Gasteiger partial charge in [0.05, 0.1) is 18.5 Å². The average Bonchev–Trinajstić information content (AvgIpc) is 3.58. The minimum Gasteiger partial charge on any atom is -0.455 e. The fourth-order valence-electron chi connectivity index (χ4n) is 6.52. The van der Waals surface area contributed by atoms with Gasteiger partial charge < -0.3 is 24.0 Å². The minimum atomic E-state index is -2.29. The molecule has 1 N–H and O–H groups in total. The molecule has 1 aliphatic heterocycles. The van der Waals surface area contributed by atoms with Crippen LogP contribution in [0.15, 0.2) is 73.3 Å². The number of carbonyl (C=O) groups is 2. The smallest absolute Gasteiger partial charge is 0.303 e. The molecule has 1 saturated heterocycles. The van der Waals surface area contributed by atoms with Crippen molar-refractivity contribution in [3.05, 3.63) is 84.4 Å². The second kappa shape index (κ2) is 12.8. The highest BCUT2D eigenvalue weighted by atomic mass is 28.4. The van der Waals surface area contributed by atoms with Gasteiger partial charge in [0.2, 0.25) is 0 Å². The summed E-state index contributed by atoms with van der Waals surface area (Å²) in [6, 6.07) is 18.8. The molecule has 1 amide bonds. The van der Waals surface area contributed by atoms with Crippen molar-refractivity contribution >= 4 is 37.2 Å². The molecular weight excluding hydrogens is 627 g/mol. The lowest BCUT2D eigenvalue weighted by molar-refractivity contribution is -0.184. The molecule has 2 aromatic heterocycles. The summed E-state index contributed by atoms with van der Waals surface area (Å²) in [4.78, 5) is 39.3. The number of esters is 1. The molecule has 1 unspecified atom stereocenters. The lowest BCUT2D eigenvalue weighted by Crippen LogP contribution is -2.60. The molecule has 3 heterocycles. The van der Waals surface area contributed by atoms with Crippen molar-refractivity contribution in [3.63, 3.8) is 0 Å². The summed E-state index contributed by atoms with van der Waals surface area (Å²) < 4.78 is 29.2. The number of ether oxygens (including phenoxy) is 3. The third kappa shape index (κ3) is 6.18. The minimum absolute atomic E-state index is 0.0384. The Morgan fingerprint density at radius 1 is 1.02 bits per heavy atom. The van der Waals surface area contributed by atoms with Gasteiger partial charge in [0.25, 0.3) is 5.91 Å². The average molecular weight is 672 g/mol. The number of carbonyl (C=O) groups excluding carboxylic acids is 2. The monoisotopic (exact) mass is 671 g/mol. The first-order valence-electron chi connectivity index (χ1n) is 16.6. The highest BCUT2D eigenvalue weighted by Gasteiger charge is 2.73. The van der Waals surface area contributed by atoms with E-state index in [1.807, 2.05) is 36.4 Å². The van der Waals surface area contributed by atoms with E-state index in [1.54, 1.807) is 35.2 Å². The molecule has 12 heteroatoms. The van der Waals surface area contributed by atoms with Crippen LogP contribution in [0.25, 0.3) is 11.2 Å². The number of anilines is 1. The van der Waals surface area contributed by atoms with Crippen LogP contribution < -0.4 is 5.32 Å². The van der Waals surface area contributed by atoms with Gasteiger partial charge in [0, 0.05) is 12.5 Å². The van der Waals surface area contributed by atoms with Crippen molar-refractivity contribution in [2.75, 3.05) is 5.32 Å². The van der Waals surface area contributed by atoms with Gasteiger partial charge >= 0.3 is 5.97 Å². The van der Waals surface area contributed by atoms with E-state index in [0.29, 0.717) is 29.8 Å². The number of nitrogens with one attached hydrogen (secondary N) is 1. The van der Waals surface area contributed by atoms with Crippen molar-refractivity contribution in [2.24, 2.45) is 0 Å². The van der Waals surface area contributed by atoms with E-state index in [0.717, 1.165) is 18.4 Å². The Hall–Kier alpha value is -3.97. The summed E-state index contributed by atoms with van der Waals surface area (Å²) in [6.07, 6.45) is 2.70. The molecule has 0 radical (unpaired) electrons. The maximum atomic E-state index is 13.0. The maximum Gasteiger partial charge on any atom is 0.303 e. The van der Waals surface area contributed by atoms with Crippen LogP contribution in [0.1, 0.15) is 76.0 Å². The molecule has 48 heavy (non-hydrogen) atoms. The number of rotatable bonds is 11. The molecule has 1 saturated carbocycles. The van der Waals surface area contributed by atoms with Gasteiger partial charge in [-0.2, -0.15) is 0 Å². The third-order valence-corrected chi connectivity index (χ3v) is 14.6. The first-order chi connectivity index (χ1) is 22.8. The first-order valence-corrected chi connectivity index (χ1v) is 19.5. The van der Waals surface area contributed by atoms with Crippen LogP contribution in [-0.4, -0.2) is 63.1 Å². The predicted octanol–water partition coefficient (Wildman–Crippen LogP) is 6.83. The fourth-order valence-corrected chi connectivity index (χ4v) is 8.18. The molecule has 1 aliphatic carbocycles. The molecule has 0 bridgehead atoms. The van der Waals surface area contributed by atoms with Crippen LogP contribution in [0, 0.1) is 0 Å². The number of hydrogen-bond donors (Lipinski definition) is 1. The molecule has 6 rings (SSSR count). The maximum absolute atomic E-state index is 13.0. The van der Waals surface area contributed by atoms with E-state index in [1.165, 1.54) is 13.3 Å². The summed E-state index contributed by atoms with van der Waals surface area (Å²) in [7, 11) is -2.29. The van der Waals surface area contributed by atoms with E-state index in [4.69, 9.17) is 18.6 Å². The molecule has 254 valence electrons. The molecule has 2 aliphatic rings. The Kier molecular flexibility index (Phi) is 9.05. The third-order valence-electron chi connectivity index (χ3n) is 10.1. The van der Waals surface area contributed by atoms with E-state index in [2.05, 4.69) is 61.1 Å².